The van der Waals surface area contributed by atoms with Gasteiger partial charge in [-0.25, -0.2) is 0 Å². The maximum absolute atomic E-state index is 12.8. The number of aromatic amines is 1. The molecule has 0 aliphatic carbocycles. The number of piperazine rings is 1. The van der Waals surface area contributed by atoms with Gasteiger partial charge in [-0.05, 0) is 24.6 Å². The summed E-state index contributed by atoms with van der Waals surface area (Å²) in [7, 11) is 0. The molecule has 6 nitrogen and oxygen atoms in total. The lowest BCUT2D eigenvalue weighted by Crippen LogP contribution is -2.53. The quantitative estimate of drug-likeness (QED) is 0.704. The van der Waals surface area contributed by atoms with E-state index in [-0.39, 0.29) is 11.8 Å². The molecule has 2 N–H and O–H groups in total. The predicted molar refractivity (Wildman–Crippen MR) is 114 cm³/mol. The summed E-state index contributed by atoms with van der Waals surface area (Å²) in [5, 5.41) is 3.81. The van der Waals surface area contributed by atoms with Crippen LogP contribution in [0.1, 0.15) is 23.0 Å². The molecule has 4 rings (SSSR count). The van der Waals surface area contributed by atoms with Crippen LogP contribution in [0, 0.1) is 0 Å². The lowest BCUT2D eigenvalue weighted by Gasteiger charge is -2.36. The van der Waals surface area contributed by atoms with Crippen molar-refractivity contribution in [3.63, 3.8) is 0 Å². The molecule has 3 aromatic rings. The highest BCUT2D eigenvalue weighted by Crippen LogP contribution is 2.15. The number of carbonyl (C=O) groups excluding carboxylic acids is 2. The van der Waals surface area contributed by atoms with E-state index in [1.54, 1.807) is 6.92 Å². The van der Waals surface area contributed by atoms with Gasteiger partial charge in [0.15, 0.2) is 0 Å². The molecule has 2 aromatic carbocycles. The molecule has 1 aliphatic heterocycles. The number of fused-ring (bicyclic) bond motifs is 1. The monoisotopic (exact) mass is 390 g/mol. The van der Waals surface area contributed by atoms with Gasteiger partial charge in [-0.1, -0.05) is 48.5 Å². The van der Waals surface area contributed by atoms with Gasteiger partial charge in [0, 0.05) is 43.6 Å². The van der Waals surface area contributed by atoms with E-state index < -0.39 is 6.04 Å². The normalized spacial score (nSPS) is 16.0. The van der Waals surface area contributed by atoms with Gasteiger partial charge >= 0.3 is 0 Å². The van der Waals surface area contributed by atoms with Gasteiger partial charge in [0.25, 0.3) is 5.91 Å². The van der Waals surface area contributed by atoms with E-state index in [9.17, 15) is 9.59 Å². The molecule has 1 aliphatic rings. The summed E-state index contributed by atoms with van der Waals surface area (Å²) in [4.78, 5) is 32.6. The molecule has 150 valence electrons. The zero-order valence-electron chi connectivity index (χ0n) is 16.6. The number of benzene rings is 2. The molecule has 1 atom stereocenters. The largest absolute Gasteiger partial charge is 0.351 e. The fraction of sp³-hybridized carbons (Fsp3) is 0.304. The Labute approximate surface area is 170 Å². The molecule has 6 heteroatoms. The Kier molecular flexibility index (Phi) is 5.62. The van der Waals surface area contributed by atoms with Crippen LogP contribution in [0.4, 0.5) is 0 Å². The van der Waals surface area contributed by atoms with Crippen LogP contribution in [0.2, 0.25) is 0 Å². The molecule has 1 fully saturated rings. The molecule has 0 saturated carbocycles. The highest BCUT2D eigenvalue weighted by atomic mass is 16.2. The Bertz CT molecular complexity index is 957. The second kappa shape index (κ2) is 8.49. The summed E-state index contributed by atoms with van der Waals surface area (Å²) < 4.78 is 0. The van der Waals surface area contributed by atoms with E-state index in [1.165, 1.54) is 5.56 Å². The van der Waals surface area contributed by atoms with Crippen LogP contribution in [0.15, 0.2) is 60.7 Å². The first-order valence-electron chi connectivity index (χ1n) is 10.0. The van der Waals surface area contributed by atoms with Crippen molar-refractivity contribution in [3.8, 4) is 0 Å². The molecule has 1 saturated heterocycles. The van der Waals surface area contributed by atoms with E-state index in [1.807, 2.05) is 53.4 Å². The summed E-state index contributed by atoms with van der Waals surface area (Å²) in [6, 6.07) is 19.3. The Morgan fingerprint density at radius 3 is 2.41 bits per heavy atom. The average Bonchev–Trinajstić information content (AvgIpc) is 3.19. The second-order valence-corrected chi connectivity index (χ2v) is 7.55. The first kappa shape index (κ1) is 19.2. The minimum Gasteiger partial charge on any atom is -0.351 e. The Balaban J connectivity index is 1.29. The van der Waals surface area contributed by atoms with Crippen LogP contribution < -0.4 is 5.32 Å². The third-order valence-electron chi connectivity index (χ3n) is 5.43. The molecule has 0 radical (unpaired) electrons. The second-order valence-electron chi connectivity index (χ2n) is 7.55. The topological polar surface area (TPSA) is 68.4 Å². The number of aromatic nitrogens is 1. The van der Waals surface area contributed by atoms with Crippen molar-refractivity contribution in [1.29, 1.82) is 0 Å². The first-order chi connectivity index (χ1) is 14.1. The number of carbonyl (C=O) groups is 2. The third-order valence-corrected chi connectivity index (χ3v) is 5.43. The number of rotatable bonds is 5. The van der Waals surface area contributed by atoms with Gasteiger partial charge in [-0.15, -0.1) is 0 Å². The fourth-order valence-corrected chi connectivity index (χ4v) is 3.77. The van der Waals surface area contributed by atoms with Crippen molar-refractivity contribution >= 4 is 22.7 Å². The Morgan fingerprint density at radius 2 is 1.69 bits per heavy atom. The number of nitrogens with one attached hydrogen (secondary N) is 2. The molecular weight excluding hydrogens is 364 g/mol. The molecular formula is C23H26N4O2. The zero-order chi connectivity index (χ0) is 20.2. The first-order valence-corrected chi connectivity index (χ1v) is 10.0. The van der Waals surface area contributed by atoms with Crippen LogP contribution in [0.3, 0.4) is 0 Å². The number of hydrogen-bond donors (Lipinski definition) is 2. The van der Waals surface area contributed by atoms with Crippen molar-refractivity contribution in [2.24, 2.45) is 0 Å². The van der Waals surface area contributed by atoms with Crippen LogP contribution in [0.5, 0.6) is 0 Å². The minimum atomic E-state index is -0.561. The summed E-state index contributed by atoms with van der Waals surface area (Å²) in [5.41, 5.74) is 2.66. The van der Waals surface area contributed by atoms with Crippen LogP contribution in [-0.4, -0.2) is 58.8 Å². The molecule has 29 heavy (non-hydrogen) atoms. The summed E-state index contributed by atoms with van der Waals surface area (Å²) in [5.74, 6) is -0.293. The summed E-state index contributed by atoms with van der Waals surface area (Å²) in [6.07, 6.45) is 0. The van der Waals surface area contributed by atoms with Crippen molar-refractivity contribution in [2.75, 3.05) is 26.2 Å². The standard InChI is InChI=1S/C23H26N4O2/c1-17(24-22(28)21-15-19-9-5-6-10-20(19)25-21)23(29)27-13-11-26(12-14-27)16-18-7-3-2-4-8-18/h2-10,15,17,25H,11-14,16H2,1H3,(H,24,28). The van der Waals surface area contributed by atoms with Gasteiger partial charge in [0.2, 0.25) is 5.91 Å². The fourth-order valence-electron chi connectivity index (χ4n) is 3.77. The van der Waals surface area contributed by atoms with E-state index in [0.29, 0.717) is 18.8 Å². The van der Waals surface area contributed by atoms with Crippen LogP contribution in [-0.2, 0) is 11.3 Å². The lowest BCUT2D eigenvalue weighted by atomic mass is 10.2. The number of nitrogens with zero attached hydrogens (tertiary/aromatic N) is 2. The van der Waals surface area contributed by atoms with Gasteiger partial charge in [-0.3, -0.25) is 14.5 Å². The van der Waals surface area contributed by atoms with Crippen molar-refractivity contribution in [2.45, 2.75) is 19.5 Å². The van der Waals surface area contributed by atoms with E-state index in [4.69, 9.17) is 0 Å². The molecule has 0 spiro atoms. The third kappa shape index (κ3) is 4.49. The molecule has 2 amide bonds. The van der Waals surface area contributed by atoms with Crippen molar-refractivity contribution < 1.29 is 9.59 Å². The number of para-hydroxylation sites is 1. The van der Waals surface area contributed by atoms with Gasteiger partial charge in [0.1, 0.15) is 11.7 Å². The van der Waals surface area contributed by atoms with E-state index >= 15 is 0 Å². The van der Waals surface area contributed by atoms with Crippen LogP contribution >= 0.6 is 0 Å². The highest BCUT2D eigenvalue weighted by Gasteiger charge is 2.26. The zero-order valence-corrected chi connectivity index (χ0v) is 16.6. The molecule has 1 aromatic heterocycles. The van der Waals surface area contributed by atoms with Gasteiger partial charge < -0.3 is 15.2 Å². The molecule has 1 unspecified atom stereocenters. The Hall–Kier alpha value is -3.12. The van der Waals surface area contributed by atoms with Gasteiger partial charge in [-0.2, -0.15) is 0 Å². The molecule has 0 bridgehead atoms. The number of amides is 2. The van der Waals surface area contributed by atoms with Gasteiger partial charge in [0.05, 0.1) is 0 Å². The number of hydrogen-bond acceptors (Lipinski definition) is 3. The average molecular weight is 390 g/mol. The highest BCUT2D eigenvalue weighted by molar-refractivity contribution is 6.00. The van der Waals surface area contributed by atoms with Crippen LogP contribution in [0.25, 0.3) is 10.9 Å². The maximum Gasteiger partial charge on any atom is 0.268 e. The van der Waals surface area contributed by atoms with Crippen molar-refractivity contribution in [1.82, 2.24) is 20.1 Å². The molecule has 2 heterocycles. The summed E-state index contributed by atoms with van der Waals surface area (Å²) >= 11 is 0. The van der Waals surface area contributed by atoms with Crippen molar-refractivity contribution in [3.05, 3.63) is 71.9 Å². The van der Waals surface area contributed by atoms with E-state index in [0.717, 1.165) is 30.5 Å². The number of H-pyrrole nitrogens is 1. The van der Waals surface area contributed by atoms with E-state index in [2.05, 4.69) is 27.3 Å². The Morgan fingerprint density at radius 1 is 1.00 bits per heavy atom. The summed E-state index contributed by atoms with van der Waals surface area (Å²) in [6.45, 7) is 5.68. The minimum absolute atomic E-state index is 0.0335. The SMILES string of the molecule is CC(NC(=O)c1cc2ccccc2[nH]1)C(=O)N1CCN(Cc2ccccc2)CC1. The predicted octanol–water partition coefficient (Wildman–Crippen LogP) is 2.63. The smallest absolute Gasteiger partial charge is 0.268 e. The maximum atomic E-state index is 12.8. The lowest BCUT2D eigenvalue weighted by molar-refractivity contribution is -0.134.